The van der Waals surface area contributed by atoms with Crippen molar-refractivity contribution in [1.29, 1.82) is 0 Å². The summed E-state index contributed by atoms with van der Waals surface area (Å²) < 4.78 is 5.02. The summed E-state index contributed by atoms with van der Waals surface area (Å²) in [5, 5.41) is 0.365. The van der Waals surface area contributed by atoms with Gasteiger partial charge in [0.05, 0.1) is 12.3 Å². The van der Waals surface area contributed by atoms with Gasteiger partial charge in [-0.1, -0.05) is 29.8 Å². The second-order valence-electron chi connectivity index (χ2n) is 3.54. The zero-order chi connectivity index (χ0) is 10.8. The van der Waals surface area contributed by atoms with Crippen LogP contribution in [0, 0.1) is 6.92 Å². The molecule has 0 saturated heterocycles. The molecule has 1 heterocycles. The number of halogens is 1. The number of aryl methyl sites for hydroxylation is 1. The topological polar surface area (TPSA) is 39.2 Å². The van der Waals surface area contributed by atoms with Crippen molar-refractivity contribution in [2.75, 3.05) is 0 Å². The van der Waals surface area contributed by atoms with Gasteiger partial charge in [0, 0.05) is 5.56 Å². The van der Waals surface area contributed by atoms with Crippen LogP contribution in [0.2, 0.25) is 5.22 Å². The van der Waals surface area contributed by atoms with Crippen molar-refractivity contribution in [3.05, 3.63) is 58.5 Å². The van der Waals surface area contributed by atoms with Crippen LogP contribution in [-0.2, 0) is 0 Å². The molecule has 2 aromatic rings. The average molecular weight is 222 g/mol. The van der Waals surface area contributed by atoms with Gasteiger partial charge in [-0.3, -0.25) is 0 Å². The van der Waals surface area contributed by atoms with Crippen LogP contribution in [0.25, 0.3) is 0 Å². The predicted octanol–water partition coefficient (Wildman–Crippen LogP) is 3.29. The minimum absolute atomic E-state index is 0.226. The molecule has 0 aliphatic heterocycles. The van der Waals surface area contributed by atoms with Gasteiger partial charge in [0.25, 0.3) is 0 Å². The molecule has 0 aliphatic rings. The van der Waals surface area contributed by atoms with Gasteiger partial charge in [0.2, 0.25) is 0 Å². The normalized spacial score (nSPS) is 12.7. The van der Waals surface area contributed by atoms with E-state index in [1.165, 1.54) is 5.56 Å². The Hall–Kier alpha value is -1.25. The largest absolute Gasteiger partial charge is 0.453 e. The first-order chi connectivity index (χ1) is 7.18. The van der Waals surface area contributed by atoms with E-state index in [4.69, 9.17) is 21.8 Å². The summed E-state index contributed by atoms with van der Waals surface area (Å²) in [4.78, 5) is 0. The van der Waals surface area contributed by atoms with E-state index in [0.717, 1.165) is 11.1 Å². The van der Waals surface area contributed by atoms with Crippen molar-refractivity contribution in [2.24, 2.45) is 5.73 Å². The maximum Gasteiger partial charge on any atom is 0.198 e. The van der Waals surface area contributed by atoms with E-state index in [-0.39, 0.29) is 6.04 Å². The Bertz CT molecular complexity index is 464. The third kappa shape index (κ3) is 2.06. The highest BCUT2D eigenvalue weighted by atomic mass is 35.5. The van der Waals surface area contributed by atoms with E-state index in [1.54, 1.807) is 12.3 Å². The van der Waals surface area contributed by atoms with Crippen molar-refractivity contribution >= 4 is 11.6 Å². The molecule has 1 aromatic heterocycles. The minimum Gasteiger partial charge on any atom is -0.453 e. The Morgan fingerprint density at radius 2 is 2.13 bits per heavy atom. The van der Waals surface area contributed by atoms with Gasteiger partial charge in [0.1, 0.15) is 0 Å². The van der Waals surface area contributed by atoms with Crippen LogP contribution in [0.4, 0.5) is 0 Å². The molecule has 2 rings (SSSR count). The fraction of sp³-hybridized carbons (Fsp3) is 0.167. The Morgan fingerprint density at radius 3 is 2.73 bits per heavy atom. The zero-order valence-electron chi connectivity index (χ0n) is 8.41. The van der Waals surface area contributed by atoms with Crippen LogP contribution in [0.15, 0.2) is 41.0 Å². The van der Waals surface area contributed by atoms with Crippen LogP contribution >= 0.6 is 11.6 Å². The highest BCUT2D eigenvalue weighted by Crippen LogP contribution is 2.27. The molecule has 0 saturated carbocycles. The Labute approximate surface area is 93.7 Å². The van der Waals surface area contributed by atoms with Crippen molar-refractivity contribution in [3.8, 4) is 0 Å². The summed E-state index contributed by atoms with van der Waals surface area (Å²) in [7, 11) is 0. The number of rotatable bonds is 2. The fourth-order valence-electron chi connectivity index (χ4n) is 1.57. The lowest BCUT2D eigenvalue weighted by molar-refractivity contribution is 0.564. The van der Waals surface area contributed by atoms with Gasteiger partial charge >= 0.3 is 0 Å². The van der Waals surface area contributed by atoms with Gasteiger partial charge in [-0.05, 0) is 30.2 Å². The molecule has 0 bridgehead atoms. The highest BCUT2D eigenvalue weighted by Gasteiger charge is 2.14. The molecule has 0 spiro atoms. The number of benzene rings is 1. The molecule has 0 amide bonds. The Balaban J connectivity index is 2.36. The minimum atomic E-state index is -0.226. The second-order valence-corrected chi connectivity index (χ2v) is 3.88. The van der Waals surface area contributed by atoms with E-state index in [9.17, 15) is 0 Å². The highest BCUT2D eigenvalue weighted by molar-refractivity contribution is 6.29. The molecule has 1 aromatic carbocycles. The molecule has 0 radical (unpaired) electrons. The lowest BCUT2D eigenvalue weighted by Gasteiger charge is -2.10. The molecule has 0 fully saturated rings. The average Bonchev–Trinajstić information content (AvgIpc) is 2.63. The monoisotopic (exact) mass is 221 g/mol. The summed E-state index contributed by atoms with van der Waals surface area (Å²) in [6, 6.07) is 9.63. The summed E-state index contributed by atoms with van der Waals surface area (Å²) >= 11 is 5.88. The number of furan rings is 1. The number of nitrogens with two attached hydrogens (primary N) is 1. The predicted molar refractivity (Wildman–Crippen MR) is 60.9 cm³/mol. The molecular formula is C12H12ClNO. The molecule has 3 heteroatoms. The molecular weight excluding hydrogens is 210 g/mol. The molecule has 0 aliphatic carbocycles. The summed E-state index contributed by atoms with van der Waals surface area (Å²) in [6.07, 6.45) is 1.55. The van der Waals surface area contributed by atoms with E-state index in [1.807, 2.05) is 31.2 Å². The molecule has 1 unspecified atom stereocenters. The standard InChI is InChI=1S/C12H12ClNO/c1-8-3-2-4-9(7-8)11(14)10-5-6-15-12(10)13/h2-7,11H,14H2,1H3. The summed E-state index contributed by atoms with van der Waals surface area (Å²) in [5.41, 5.74) is 9.13. The fourth-order valence-corrected chi connectivity index (χ4v) is 1.80. The SMILES string of the molecule is Cc1cccc(C(N)c2ccoc2Cl)c1. The van der Waals surface area contributed by atoms with Crippen LogP contribution in [0.3, 0.4) is 0 Å². The Morgan fingerprint density at radius 1 is 1.33 bits per heavy atom. The van der Waals surface area contributed by atoms with Crippen molar-refractivity contribution < 1.29 is 4.42 Å². The lowest BCUT2D eigenvalue weighted by atomic mass is 10.0. The van der Waals surface area contributed by atoms with E-state index in [2.05, 4.69) is 0 Å². The maximum atomic E-state index is 6.09. The first kappa shape index (κ1) is 10.3. The quantitative estimate of drug-likeness (QED) is 0.845. The molecule has 1 atom stereocenters. The van der Waals surface area contributed by atoms with E-state index < -0.39 is 0 Å². The summed E-state index contributed by atoms with van der Waals surface area (Å²) in [6.45, 7) is 2.03. The van der Waals surface area contributed by atoms with Crippen LogP contribution < -0.4 is 5.73 Å². The first-order valence-electron chi connectivity index (χ1n) is 4.73. The van der Waals surface area contributed by atoms with E-state index in [0.29, 0.717) is 5.22 Å². The van der Waals surface area contributed by atoms with E-state index >= 15 is 0 Å². The van der Waals surface area contributed by atoms with Gasteiger partial charge in [-0.25, -0.2) is 0 Å². The third-order valence-corrected chi connectivity index (χ3v) is 2.69. The van der Waals surface area contributed by atoms with Crippen molar-refractivity contribution in [1.82, 2.24) is 0 Å². The zero-order valence-corrected chi connectivity index (χ0v) is 9.16. The second kappa shape index (κ2) is 4.09. The van der Waals surface area contributed by atoms with Gasteiger partial charge < -0.3 is 10.2 Å². The number of hydrogen-bond acceptors (Lipinski definition) is 2. The third-order valence-electron chi connectivity index (χ3n) is 2.38. The van der Waals surface area contributed by atoms with Crippen LogP contribution in [0.5, 0.6) is 0 Å². The molecule has 15 heavy (non-hydrogen) atoms. The van der Waals surface area contributed by atoms with Crippen LogP contribution in [-0.4, -0.2) is 0 Å². The Kier molecular flexibility index (Phi) is 2.80. The van der Waals surface area contributed by atoms with Crippen molar-refractivity contribution in [2.45, 2.75) is 13.0 Å². The van der Waals surface area contributed by atoms with Crippen LogP contribution in [0.1, 0.15) is 22.7 Å². The number of hydrogen-bond donors (Lipinski definition) is 1. The van der Waals surface area contributed by atoms with Gasteiger partial charge in [0.15, 0.2) is 5.22 Å². The molecule has 2 nitrogen and oxygen atoms in total. The van der Waals surface area contributed by atoms with Gasteiger partial charge in [-0.15, -0.1) is 0 Å². The maximum absolute atomic E-state index is 6.09. The summed E-state index contributed by atoms with van der Waals surface area (Å²) in [5.74, 6) is 0. The molecule has 2 N–H and O–H groups in total. The van der Waals surface area contributed by atoms with Crippen molar-refractivity contribution in [3.63, 3.8) is 0 Å². The lowest BCUT2D eigenvalue weighted by Crippen LogP contribution is -2.11. The van der Waals surface area contributed by atoms with Gasteiger partial charge in [-0.2, -0.15) is 0 Å². The molecule has 78 valence electrons. The first-order valence-corrected chi connectivity index (χ1v) is 5.11. The smallest absolute Gasteiger partial charge is 0.198 e.